The van der Waals surface area contributed by atoms with Crippen molar-refractivity contribution in [1.29, 1.82) is 0 Å². The van der Waals surface area contributed by atoms with Crippen molar-refractivity contribution in [2.75, 3.05) is 17.3 Å². The lowest BCUT2D eigenvalue weighted by atomic mass is 10.1. The summed E-state index contributed by atoms with van der Waals surface area (Å²) in [4.78, 5) is 29.6. The summed E-state index contributed by atoms with van der Waals surface area (Å²) in [6.45, 7) is 3.68. The van der Waals surface area contributed by atoms with Crippen LogP contribution < -0.4 is 10.2 Å². The third-order valence-corrected chi connectivity index (χ3v) is 3.42. The SMILES string of the molecule is CCC(=O)Nc1cc(C(=O)N(C)c2cccnc2)ccc1C. The van der Waals surface area contributed by atoms with Gasteiger partial charge in [0.05, 0.1) is 11.9 Å². The van der Waals surface area contributed by atoms with Crippen LogP contribution >= 0.6 is 0 Å². The molecule has 1 aromatic carbocycles. The van der Waals surface area contributed by atoms with Crippen molar-refractivity contribution in [2.45, 2.75) is 20.3 Å². The van der Waals surface area contributed by atoms with Gasteiger partial charge in [-0.25, -0.2) is 0 Å². The van der Waals surface area contributed by atoms with Crippen molar-refractivity contribution >= 4 is 23.2 Å². The van der Waals surface area contributed by atoms with E-state index in [-0.39, 0.29) is 11.8 Å². The molecule has 0 aliphatic carbocycles. The van der Waals surface area contributed by atoms with Gasteiger partial charge in [0.25, 0.3) is 5.91 Å². The number of benzene rings is 1. The molecule has 114 valence electrons. The number of nitrogens with one attached hydrogen (secondary N) is 1. The van der Waals surface area contributed by atoms with E-state index in [0.717, 1.165) is 5.56 Å². The average molecular weight is 297 g/mol. The first-order chi connectivity index (χ1) is 10.5. The van der Waals surface area contributed by atoms with Crippen LogP contribution in [-0.4, -0.2) is 23.8 Å². The minimum absolute atomic E-state index is 0.0756. The van der Waals surface area contributed by atoms with Crippen molar-refractivity contribution in [2.24, 2.45) is 0 Å². The summed E-state index contributed by atoms with van der Waals surface area (Å²) in [5.41, 5.74) is 2.82. The Kier molecular flexibility index (Phi) is 4.88. The second-order valence-electron chi connectivity index (χ2n) is 5.01. The molecule has 2 rings (SSSR count). The maximum Gasteiger partial charge on any atom is 0.258 e. The molecule has 0 spiro atoms. The Morgan fingerprint density at radius 2 is 2.05 bits per heavy atom. The van der Waals surface area contributed by atoms with Gasteiger partial charge in [-0.05, 0) is 36.8 Å². The van der Waals surface area contributed by atoms with E-state index in [4.69, 9.17) is 0 Å². The van der Waals surface area contributed by atoms with Crippen LogP contribution in [0.5, 0.6) is 0 Å². The quantitative estimate of drug-likeness (QED) is 0.943. The number of aryl methyl sites for hydroxylation is 1. The molecule has 0 atom stereocenters. The Morgan fingerprint density at radius 1 is 1.27 bits per heavy atom. The molecular weight excluding hydrogens is 278 g/mol. The molecule has 0 radical (unpaired) electrons. The Labute approximate surface area is 130 Å². The maximum absolute atomic E-state index is 12.5. The molecule has 22 heavy (non-hydrogen) atoms. The average Bonchev–Trinajstić information content (AvgIpc) is 2.56. The molecular formula is C17H19N3O2. The molecule has 0 aliphatic rings. The molecule has 5 nitrogen and oxygen atoms in total. The summed E-state index contributed by atoms with van der Waals surface area (Å²) in [5.74, 6) is -0.228. The molecule has 1 N–H and O–H groups in total. The Balaban J connectivity index is 2.27. The van der Waals surface area contributed by atoms with Gasteiger partial charge in [-0.3, -0.25) is 14.6 Å². The molecule has 1 heterocycles. The van der Waals surface area contributed by atoms with E-state index in [9.17, 15) is 9.59 Å². The molecule has 2 amide bonds. The molecule has 0 bridgehead atoms. The normalized spacial score (nSPS) is 10.1. The van der Waals surface area contributed by atoms with Crippen LogP contribution in [0.15, 0.2) is 42.7 Å². The summed E-state index contributed by atoms with van der Waals surface area (Å²) < 4.78 is 0. The van der Waals surface area contributed by atoms with Gasteiger partial charge in [-0.1, -0.05) is 13.0 Å². The van der Waals surface area contributed by atoms with Crippen LogP contribution in [0.3, 0.4) is 0 Å². The number of amides is 2. The topological polar surface area (TPSA) is 62.3 Å². The third kappa shape index (κ3) is 3.49. The van der Waals surface area contributed by atoms with Gasteiger partial charge in [0, 0.05) is 30.9 Å². The van der Waals surface area contributed by atoms with Gasteiger partial charge in [0.2, 0.25) is 5.91 Å². The highest BCUT2D eigenvalue weighted by molar-refractivity contribution is 6.06. The summed E-state index contributed by atoms with van der Waals surface area (Å²) in [7, 11) is 1.70. The van der Waals surface area contributed by atoms with E-state index in [2.05, 4.69) is 10.3 Å². The number of anilines is 2. The zero-order valence-corrected chi connectivity index (χ0v) is 13.0. The molecule has 5 heteroatoms. The predicted molar refractivity (Wildman–Crippen MR) is 87.1 cm³/mol. The van der Waals surface area contributed by atoms with Gasteiger partial charge in [-0.2, -0.15) is 0 Å². The molecule has 0 aliphatic heterocycles. The number of hydrogen-bond acceptors (Lipinski definition) is 3. The number of carbonyl (C=O) groups excluding carboxylic acids is 2. The van der Waals surface area contributed by atoms with Crippen molar-refractivity contribution in [1.82, 2.24) is 4.98 Å². The number of nitrogens with zero attached hydrogens (tertiary/aromatic N) is 2. The lowest BCUT2D eigenvalue weighted by molar-refractivity contribution is -0.115. The Hall–Kier alpha value is -2.69. The van der Waals surface area contributed by atoms with E-state index in [1.807, 2.05) is 19.1 Å². The van der Waals surface area contributed by atoms with E-state index in [0.29, 0.717) is 23.4 Å². The Morgan fingerprint density at radius 3 is 2.68 bits per heavy atom. The second-order valence-corrected chi connectivity index (χ2v) is 5.01. The fraction of sp³-hybridized carbons (Fsp3) is 0.235. The molecule has 2 aromatic rings. The fourth-order valence-corrected chi connectivity index (χ4v) is 1.99. The molecule has 0 saturated heterocycles. The number of rotatable bonds is 4. The minimum Gasteiger partial charge on any atom is -0.326 e. The van der Waals surface area contributed by atoms with Gasteiger partial charge >= 0.3 is 0 Å². The number of aromatic nitrogens is 1. The fourth-order valence-electron chi connectivity index (χ4n) is 1.99. The maximum atomic E-state index is 12.5. The molecule has 1 aromatic heterocycles. The predicted octanol–water partition coefficient (Wildman–Crippen LogP) is 3.02. The summed E-state index contributed by atoms with van der Waals surface area (Å²) in [6, 6.07) is 8.89. The first kappa shape index (κ1) is 15.7. The van der Waals surface area contributed by atoms with Crippen molar-refractivity contribution in [3.8, 4) is 0 Å². The molecule has 0 unspecified atom stereocenters. The molecule has 0 saturated carbocycles. The van der Waals surface area contributed by atoms with Crippen LogP contribution in [0.25, 0.3) is 0 Å². The van der Waals surface area contributed by atoms with Crippen LogP contribution in [-0.2, 0) is 4.79 Å². The van der Waals surface area contributed by atoms with Crippen LogP contribution in [0.1, 0.15) is 29.3 Å². The second kappa shape index (κ2) is 6.85. The van der Waals surface area contributed by atoms with Gasteiger partial charge < -0.3 is 10.2 Å². The first-order valence-electron chi connectivity index (χ1n) is 7.11. The largest absolute Gasteiger partial charge is 0.326 e. The number of pyridine rings is 1. The van der Waals surface area contributed by atoms with Crippen LogP contribution in [0.2, 0.25) is 0 Å². The number of carbonyl (C=O) groups is 2. The highest BCUT2D eigenvalue weighted by atomic mass is 16.2. The van der Waals surface area contributed by atoms with E-state index < -0.39 is 0 Å². The minimum atomic E-state index is -0.153. The summed E-state index contributed by atoms with van der Waals surface area (Å²) in [6.07, 6.45) is 3.69. The molecule has 0 fully saturated rings. The number of hydrogen-bond donors (Lipinski definition) is 1. The highest BCUT2D eigenvalue weighted by Gasteiger charge is 2.15. The van der Waals surface area contributed by atoms with Gasteiger partial charge in [0.15, 0.2) is 0 Å². The lowest BCUT2D eigenvalue weighted by Gasteiger charge is -2.18. The lowest BCUT2D eigenvalue weighted by Crippen LogP contribution is -2.26. The zero-order valence-electron chi connectivity index (χ0n) is 13.0. The van der Waals surface area contributed by atoms with Crippen molar-refractivity contribution in [3.63, 3.8) is 0 Å². The van der Waals surface area contributed by atoms with Crippen molar-refractivity contribution < 1.29 is 9.59 Å². The monoisotopic (exact) mass is 297 g/mol. The summed E-state index contributed by atoms with van der Waals surface area (Å²) >= 11 is 0. The van der Waals surface area contributed by atoms with E-state index in [1.54, 1.807) is 44.6 Å². The van der Waals surface area contributed by atoms with Gasteiger partial charge in [-0.15, -0.1) is 0 Å². The van der Waals surface area contributed by atoms with Crippen molar-refractivity contribution in [3.05, 3.63) is 53.9 Å². The first-order valence-corrected chi connectivity index (χ1v) is 7.11. The smallest absolute Gasteiger partial charge is 0.258 e. The van der Waals surface area contributed by atoms with Crippen LogP contribution in [0, 0.1) is 6.92 Å². The third-order valence-electron chi connectivity index (χ3n) is 3.42. The Bertz CT molecular complexity index is 684. The van der Waals surface area contributed by atoms with Crippen LogP contribution in [0.4, 0.5) is 11.4 Å². The zero-order chi connectivity index (χ0) is 16.1. The van der Waals surface area contributed by atoms with E-state index >= 15 is 0 Å². The van der Waals surface area contributed by atoms with Gasteiger partial charge in [0.1, 0.15) is 0 Å². The highest BCUT2D eigenvalue weighted by Crippen LogP contribution is 2.20. The summed E-state index contributed by atoms with van der Waals surface area (Å²) in [5, 5.41) is 2.81. The standard InChI is InChI=1S/C17H19N3O2/c1-4-16(21)19-15-10-13(8-7-12(15)2)17(22)20(3)14-6-5-9-18-11-14/h5-11H,4H2,1-3H3,(H,19,21). The van der Waals surface area contributed by atoms with E-state index in [1.165, 1.54) is 4.90 Å².